The number of primary amides is 1. The van der Waals surface area contributed by atoms with Gasteiger partial charge in [-0.25, -0.2) is 0 Å². The second-order valence-electron chi connectivity index (χ2n) is 3.88. The Hall–Kier alpha value is -1.31. The number of carbonyl (C=O) groups excluding carboxylic acids is 1. The van der Waals surface area contributed by atoms with E-state index >= 15 is 0 Å². The van der Waals surface area contributed by atoms with E-state index in [2.05, 4.69) is 37.9 Å². The van der Waals surface area contributed by atoms with E-state index in [-0.39, 0.29) is 6.54 Å². The number of halogens is 1. The lowest BCUT2D eigenvalue weighted by Gasteiger charge is -2.28. The molecule has 1 atom stereocenters. The van der Waals surface area contributed by atoms with E-state index in [0.29, 0.717) is 6.54 Å². The molecule has 0 fully saturated rings. The first-order valence-corrected chi connectivity index (χ1v) is 6.40. The molecule has 0 saturated carbocycles. The van der Waals surface area contributed by atoms with Crippen LogP contribution in [0.4, 0.5) is 0 Å². The van der Waals surface area contributed by atoms with Crippen LogP contribution in [-0.2, 0) is 10.3 Å². The van der Waals surface area contributed by atoms with Crippen molar-refractivity contribution in [2.75, 3.05) is 13.1 Å². The Morgan fingerprint density at radius 3 is 2.67 bits per heavy atom. The standard InChI is InChI=1S/C11H14IN5O/c1-11(10(13)18,15-6-7-16-17-14)8-2-4-9(12)5-3-8/h2-5,15H,6-7H2,1H3,(H2,13,18). The molecule has 96 valence electrons. The Kier molecular flexibility index (Phi) is 5.39. The highest BCUT2D eigenvalue weighted by molar-refractivity contribution is 14.1. The molecule has 6 nitrogen and oxygen atoms in total. The predicted octanol–water partition coefficient (Wildman–Crippen LogP) is 1.89. The molecule has 0 saturated heterocycles. The molecule has 0 aromatic heterocycles. The summed E-state index contributed by atoms with van der Waals surface area (Å²) in [5.74, 6) is -0.468. The number of nitrogens with one attached hydrogen (secondary N) is 1. The predicted molar refractivity (Wildman–Crippen MR) is 77.7 cm³/mol. The van der Waals surface area contributed by atoms with Crippen molar-refractivity contribution < 1.29 is 4.79 Å². The summed E-state index contributed by atoms with van der Waals surface area (Å²) in [6.45, 7) is 2.37. The van der Waals surface area contributed by atoms with E-state index in [4.69, 9.17) is 11.3 Å². The van der Waals surface area contributed by atoms with Crippen LogP contribution in [0.2, 0.25) is 0 Å². The smallest absolute Gasteiger partial charge is 0.242 e. The summed E-state index contributed by atoms with van der Waals surface area (Å²) in [7, 11) is 0. The fraction of sp³-hybridized carbons (Fsp3) is 0.364. The molecule has 1 aromatic carbocycles. The van der Waals surface area contributed by atoms with Gasteiger partial charge in [0.25, 0.3) is 0 Å². The second kappa shape index (κ2) is 6.58. The lowest BCUT2D eigenvalue weighted by atomic mass is 9.91. The SMILES string of the molecule is CC(NCCN=[N+]=[N-])(C(N)=O)c1ccc(I)cc1. The third-order valence-corrected chi connectivity index (χ3v) is 3.39. The minimum absolute atomic E-state index is 0.268. The van der Waals surface area contributed by atoms with Gasteiger partial charge in [0, 0.05) is 21.6 Å². The number of carbonyl (C=O) groups is 1. The van der Waals surface area contributed by atoms with E-state index in [1.165, 1.54) is 0 Å². The van der Waals surface area contributed by atoms with Gasteiger partial charge in [-0.15, -0.1) is 0 Å². The molecule has 0 aliphatic rings. The lowest BCUT2D eigenvalue weighted by molar-refractivity contribution is -0.124. The number of rotatable bonds is 6. The van der Waals surface area contributed by atoms with Crippen LogP contribution in [0, 0.1) is 3.57 Å². The van der Waals surface area contributed by atoms with Crippen LogP contribution >= 0.6 is 22.6 Å². The summed E-state index contributed by atoms with van der Waals surface area (Å²) in [4.78, 5) is 14.3. The van der Waals surface area contributed by atoms with E-state index in [1.54, 1.807) is 6.92 Å². The number of hydrogen-bond acceptors (Lipinski definition) is 3. The third-order valence-electron chi connectivity index (χ3n) is 2.67. The molecule has 0 spiro atoms. The maximum atomic E-state index is 11.6. The minimum Gasteiger partial charge on any atom is -0.368 e. The quantitative estimate of drug-likeness (QED) is 0.266. The molecule has 1 rings (SSSR count). The van der Waals surface area contributed by atoms with Crippen LogP contribution in [0.3, 0.4) is 0 Å². The van der Waals surface area contributed by atoms with Crippen LogP contribution in [-0.4, -0.2) is 19.0 Å². The fourth-order valence-electron chi connectivity index (χ4n) is 1.52. The van der Waals surface area contributed by atoms with Crippen molar-refractivity contribution in [3.8, 4) is 0 Å². The highest BCUT2D eigenvalue weighted by Gasteiger charge is 2.32. The Bertz CT molecular complexity index is 469. The zero-order valence-corrected chi connectivity index (χ0v) is 12.1. The van der Waals surface area contributed by atoms with E-state index in [0.717, 1.165) is 9.13 Å². The number of nitrogens with two attached hydrogens (primary N) is 1. The molecule has 18 heavy (non-hydrogen) atoms. The molecule has 1 aromatic rings. The Labute approximate surface area is 119 Å². The molecule has 3 N–H and O–H groups in total. The van der Waals surface area contributed by atoms with Crippen molar-refractivity contribution in [1.29, 1.82) is 0 Å². The van der Waals surface area contributed by atoms with Crippen molar-refractivity contribution >= 4 is 28.5 Å². The van der Waals surface area contributed by atoms with Gasteiger partial charge < -0.3 is 5.73 Å². The normalized spacial score (nSPS) is 13.4. The van der Waals surface area contributed by atoms with Gasteiger partial charge >= 0.3 is 0 Å². The molecule has 0 bridgehead atoms. The van der Waals surface area contributed by atoms with Gasteiger partial charge in [-0.3, -0.25) is 10.1 Å². The van der Waals surface area contributed by atoms with Gasteiger partial charge in [-0.05, 0) is 52.7 Å². The van der Waals surface area contributed by atoms with Crippen molar-refractivity contribution in [2.24, 2.45) is 10.8 Å². The number of amides is 1. The van der Waals surface area contributed by atoms with Gasteiger partial charge in [0.05, 0.1) is 0 Å². The summed E-state index contributed by atoms with van der Waals surface area (Å²) in [6, 6.07) is 7.53. The van der Waals surface area contributed by atoms with Gasteiger partial charge in [-0.1, -0.05) is 17.2 Å². The third kappa shape index (κ3) is 3.59. The summed E-state index contributed by atoms with van der Waals surface area (Å²) in [5.41, 5.74) is 13.5. The molecule has 1 amide bonds. The fourth-order valence-corrected chi connectivity index (χ4v) is 1.87. The number of benzene rings is 1. The molecule has 1 unspecified atom stereocenters. The molecule has 0 aliphatic heterocycles. The molecule has 0 aliphatic carbocycles. The number of azide groups is 1. The lowest BCUT2D eigenvalue weighted by Crippen LogP contribution is -2.51. The van der Waals surface area contributed by atoms with Crippen molar-refractivity contribution in [1.82, 2.24) is 5.32 Å². The maximum absolute atomic E-state index is 11.6. The van der Waals surface area contributed by atoms with E-state index in [1.807, 2.05) is 24.3 Å². The van der Waals surface area contributed by atoms with Crippen molar-refractivity contribution in [3.63, 3.8) is 0 Å². The summed E-state index contributed by atoms with van der Waals surface area (Å²) in [6.07, 6.45) is 0. The van der Waals surface area contributed by atoms with E-state index < -0.39 is 11.4 Å². The van der Waals surface area contributed by atoms with Gasteiger partial charge in [0.1, 0.15) is 5.54 Å². The van der Waals surface area contributed by atoms with Gasteiger partial charge in [0.2, 0.25) is 5.91 Å². The maximum Gasteiger partial charge on any atom is 0.242 e. The summed E-state index contributed by atoms with van der Waals surface area (Å²) < 4.78 is 1.08. The summed E-state index contributed by atoms with van der Waals surface area (Å²) >= 11 is 2.19. The first-order chi connectivity index (χ1) is 8.50. The Balaban J connectivity index is 2.89. The monoisotopic (exact) mass is 359 g/mol. The molecule has 0 heterocycles. The van der Waals surface area contributed by atoms with Crippen molar-refractivity contribution in [3.05, 3.63) is 43.8 Å². The number of hydrogen-bond donors (Lipinski definition) is 2. The molecule has 7 heteroatoms. The van der Waals surface area contributed by atoms with Gasteiger partial charge in [-0.2, -0.15) is 0 Å². The number of nitrogens with zero attached hydrogens (tertiary/aromatic N) is 3. The second-order valence-corrected chi connectivity index (χ2v) is 5.12. The molecular formula is C11H14IN5O. The first kappa shape index (κ1) is 14.7. The summed E-state index contributed by atoms with van der Waals surface area (Å²) in [5, 5.41) is 6.43. The molecular weight excluding hydrogens is 345 g/mol. The van der Waals surface area contributed by atoms with E-state index in [9.17, 15) is 4.79 Å². The van der Waals surface area contributed by atoms with Gasteiger partial charge in [0.15, 0.2) is 0 Å². The largest absolute Gasteiger partial charge is 0.368 e. The zero-order valence-electron chi connectivity index (χ0n) is 9.93. The Morgan fingerprint density at radius 1 is 1.56 bits per heavy atom. The minimum atomic E-state index is -0.963. The highest BCUT2D eigenvalue weighted by Crippen LogP contribution is 2.21. The average molecular weight is 359 g/mol. The average Bonchev–Trinajstić information content (AvgIpc) is 2.35. The highest BCUT2D eigenvalue weighted by atomic mass is 127. The van der Waals surface area contributed by atoms with Crippen LogP contribution in [0.1, 0.15) is 12.5 Å². The van der Waals surface area contributed by atoms with Crippen LogP contribution in [0.25, 0.3) is 10.4 Å². The first-order valence-electron chi connectivity index (χ1n) is 5.32. The van der Waals surface area contributed by atoms with Crippen molar-refractivity contribution in [2.45, 2.75) is 12.5 Å². The topological polar surface area (TPSA) is 104 Å². The van der Waals surface area contributed by atoms with Crippen LogP contribution in [0.5, 0.6) is 0 Å². The van der Waals surface area contributed by atoms with Crippen LogP contribution in [0.15, 0.2) is 29.4 Å². The Morgan fingerprint density at radius 2 is 2.17 bits per heavy atom. The zero-order chi connectivity index (χ0) is 13.6. The molecule has 0 radical (unpaired) electrons. The van der Waals surface area contributed by atoms with Crippen LogP contribution < -0.4 is 11.1 Å².